The van der Waals surface area contributed by atoms with Gasteiger partial charge >= 0.3 is 0 Å². The molecular weight excluding hydrogens is 104 g/mol. The van der Waals surface area contributed by atoms with E-state index in [1.165, 1.54) is 0 Å². The molecule has 0 aromatic heterocycles. The smallest absolute Gasteiger partial charge is 0.143 e. The molecule has 0 bridgehead atoms. The van der Waals surface area contributed by atoms with E-state index >= 15 is 0 Å². The van der Waals surface area contributed by atoms with E-state index in [1.54, 1.807) is 0 Å². The van der Waals surface area contributed by atoms with Crippen LogP contribution in [0.15, 0.2) is 12.2 Å². The Hall–Kier alpha value is -0.340. The zero-order chi connectivity index (χ0) is 6.41. The van der Waals surface area contributed by atoms with Crippen LogP contribution < -0.4 is 0 Å². The molecule has 0 atom stereocenters. The normalized spacial score (nSPS) is 9.25. The predicted octanol–water partition coefficient (Wildman–Crippen LogP) is 0.919. The lowest BCUT2D eigenvalue weighted by molar-refractivity contribution is 0.000331. The zero-order valence-electron chi connectivity index (χ0n) is 5.18. The van der Waals surface area contributed by atoms with E-state index < -0.39 is 0 Å². The van der Waals surface area contributed by atoms with Crippen molar-refractivity contribution in [1.29, 1.82) is 0 Å². The molecule has 0 amide bonds. The van der Waals surface area contributed by atoms with Crippen molar-refractivity contribution in [3.8, 4) is 0 Å². The summed E-state index contributed by atoms with van der Waals surface area (Å²) in [4.78, 5) is 0. The van der Waals surface area contributed by atoms with E-state index in [-0.39, 0.29) is 6.79 Å². The Morgan fingerprint density at radius 1 is 1.75 bits per heavy atom. The highest BCUT2D eigenvalue weighted by atomic mass is 16.6. The molecule has 0 aliphatic carbocycles. The molecule has 0 spiro atoms. The quantitative estimate of drug-likeness (QED) is 0.336. The maximum atomic E-state index is 8.13. The minimum Gasteiger partial charge on any atom is -0.371 e. The summed E-state index contributed by atoms with van der Waals surface area (Å²) in [5.41, 5.74) is 1.08. The Morgan fingerprint density at radius 3 is 2.75 bits per heavy atom. The summed E-state index contributed by atoms with van der Waals surface area (Å²) in [6.45, 7) is 5.98. The van der Waals surface area contributed by atoms with E-state index in [2.05, 4.69) is 11.3 Å². The van der Waals surface area contributed by atoms with Crippen molar-refractivity contribution in [2.75, 3.05) is 13.4 Å². The van der Waals surface area contributed by atoms with Crippen LogP contribution in [-0.4, -0.2) is 18.5 Å². The molecule has 0 fully saturated rings. The van der Waals surface area contributed by atoms with E-state index in [0.29, 0.717) is 6.61 Å². The molecule has 2 heteroatoms. The lowest BCUT2D eigenvalue weighted by Crippen LogP contribution is -1.94. The molecule has 48 valence electrons. The lowest BCUT2D eigenvalue weighted by Gasteiger charge is -1.97. The number of ether oxygens (including phenoxy) is 1. The second kappa shape index (κ2) is 4.81. The monoisotopic (exact) mass is 116 g/mol. The van der Waals surface area contributed by atoms with Gasteiger partial charge in [0, 0.05) is 0 Å². The van der Waals surface area contributed by atoms with Crippen LogP contribution in [0, 0.1) is 0 Å². The first-order valence-electron chi connectivity index (χ1n) is 2.60. The number of hydrogen-bond acceptors (Lipinski definition) is 2. The fraction of sp³-hybridized carbons (Fsp3) is 0.667. The molecule has 0 unspecified atom stereocenters. The molecule has 0 saturated carbocycles. The Kier molecular flexibility index (Phi) is 4.61. The Bertz CT molecular complexity index is 68.9. The van der Waals surface area contributed by atoms with Crippen molar-refractivity contribution < 1.29 is 9.84 Å². The van der Waals surface area contributed by atoms with Gasteiger partial charge in [0.25, 0.3) is 0 Å². The minimum absolute atomic E-state index is 0.187. The molecular formula is C6H12O2. The van der Waals surface area contributed by atoms with Gasteiger partial charge in [-0.05, 0) is 13.3 Å². The average molecular weight is 116 g/mol. The first kappa shape index (κ1) is 7.66. The highest BCUT2D eigenvalue weighted by Crippen LogP contribution is 1.93. The fourth-order valence-electron chi connectivity index (χ4n) is 0.311. The van der Waals surface area contributed by atoms with Crippen molar-refractivity contribution in [2.45, 2.75) is 13.3 Å². The minimum atomic E-state index is -0.187. The topological polar surface area (TPSA) is 29.5 Å². The highest BCUT2D eigenvalue weighted by Gasteiger charge is 1.84. The molecule has 0 aliphatic rings. The van der Waals surface area contributed by atoms with Crippen LogP contribution in [0.1, 0.15) is 13.3 Å². The second-order valence-electron chi connectivity index (χ2n) is 1.74. The third-order valence-corrected chi connectivity index (χ3v) is 0.764. The SMILES string of the molecule is C=C(C)CCOCO. The van der Waals surface area contributed by atoms with Crippen molar-refractivity contribution in [3.05, 3.63) is 12.2 Å². The number of hydrogen-bond donors (Lipinski definition) is 1. The first-order chi connectivity index (χ1) is 3.77. The van der Waals surface area contributed by atoms with Crippen LogP contribution in [0.5, 0.6) is 0 Å². The average Bonchev–Trinajstić information content (AvgIpc) is 1.66. The molecule has 0 rings (SSSR count). The van der Waals surface area contributed by atoms with Gasteiger partial charge in [0.15, 0.2) is 0 Å². The van der Waals surface area contributed by atoms with Crippen LogP contribution in [0.4, 0.5) is 0 Å². The van der Waals surface area contributed by atoms with Crippen LogP contribution in [0.25, 0.3) is 0 Å². The molecule has 0 heterocycles. The van der Waals surface area contributed by atoms with E-state index in [9.17, 15) is 0 Å². The fourth-order valence-corrected chi connectivity index (χ4v) is 0.311. The number of aliphatic hydroxyl groups excluding tert-OH is 1. The maximum absolute atomic E-state index is 8.13. The molecule has 8 heavy (non-hydrogen) atoms. The summed E-state index contributed by atoms with van der Waals surface area (Å²) in [5, 5.41) is 8.13. The molecule has 2 nitrogen and oxygen atoms in total. The lowest BCUT2D eigenvalue weighted by atomic mass is 10.3. The van der Waals surface area contributed by atoms with Gasteiger partial charge in [0.2, 0.25) is 0 Å². The second-order valence-corrected chi connectivity index (χ2v) is 1.74. The largest absolute Gasteiger partial charge is 0.371 e. The summed E-state index contributed by atoms with van der Waals surface area (Å²) in [6, 6.07) is 0. The Labute approximate surface area is 49.8 Å². The summed E-state index contributed by atoms with van der Waals surface area (Å²) >= 11 is 0. The summed E-state index contributed by atoms with van der Waals surface area (Å²) in [6.07, 6.45) is 0.834. The summed E-state index contributed by atoms with van der Waals surface area (Å²) < 4.78 is 4.64. The van der Waals surface area contributed by atoms with Gasteiger partial charge in [-0.3, -0.25) is 0 Å². The summed E-state index contributed by atoms with van der Waals surface area (Å²) in [7, 11) is 0. The van der Waals surface area contributed by atoms with Crippen molar-refractivity contribution in [3.63, 3.8) is 0 Å². The Balaban J connectivity index is 2.82. The standard InChI is InChI=1S/C6H12O2/c1-6(2)3-4-8-5-7/h7H,1,3-5H2,2H3. The van der Waals surface area contributed by atoms with E-state index in [4.69, 9.17) is 5.11 Å². The molecule has 0 aromatic rings. The highest BCUT2D eigenvalue weighted by molar-refractivity contribution is 4.86. The van der Waals surface area contributed by atoms with Crippen molar-refractivity contribution >= 4 is 0 Å². The van der Waals surface area contributed by atoms with E-state index in [1.807, 2.05) is 6.92 Å². The molecule has 0 radical (unpaired) electrons. The summed E-state index contributed by atoms with van der Waals surface area (Å²) in [5.74, 6) is 0. The van der Waals surface area contributed by atoms with Crippen molar-refractivity contribution in [2.24, 2.45) is 0 Å². The number of rotatable bonds is 4. The predicted molar refractivity (Wildman–Crippen MR) is 32.5 cm³/mol. The molecule has 0 saturated heterocycles. The van der Waals surface area contributed by atoms with Crippen molar-refractivity contribution in [1.82, 2.24) is 0 Å². The maximum Gasteiger partial charge on any atom is 0.143 e. The van der Waals surface area contributed by atoms with Crippen LogP contribution in [-0.2, 0) is 4.74 Å². The third-order valence-electron chi connectivity index (χ3n) is 0.764. The van der Waals surface area contributed by atoms with Gasteiger partial charge in [-0.15, -0.1) is 6.58 Å². The zero-order valence-corrected chi connectivity index (χ0v) is 5.18. The van der Waals surface area contributed by atoms with E-state index in [0.717, 1.165) is 12.0 Å². The molecule has 0 aromatic carbocycles. The third kappa shape index (κ3) is 5.66. The van der Waals surface area contributed by atoms with Gasteiger partial charge in [-0.2, -0.15) is 0 Å². The molecule has 1 N–H and O–H groups in total. The van der Waals surface area contributed by atoms with Gasteiger partial charge < -0.3 is 9.84 Å². The van der Waals surface area contributed by atoms with Gasteiger partial charge in [-0.25, -0.2) is 0 Å². The van der Waals surface area contributed by atoms with Crippen LogP contribution in [0.3, 0.4) is 0 Å². The number of aliphatic hydroxyl groups is 1. The first-order valence-corrected chi connectivity index (χ1v) is 2.60. The van der Waals surface area contributed by atoms with Gasteiger partial charge in [-0.1, -0.05) is 5.57 Å². The van der Waals surface area contributed by atoms with Gasteiger partial charge in [0.1, 0.15) is 6.79 Å². The molecule has 0 aliphatic heterocycles. The Morgan fingerprint density at radius 2 is 2.38 bits per heavy atom. The van der Waals surface area contributed by atoms with Gasteiger partial charge in [0.05, 0.1) is 6.61 Å². The van der Waals surface area contributed by atoms with Crippen LogP contribution >= 0.6 is 0 Å². The van der Waals surface area contributed by atoms with Crippen LogP contribution in [0.2, 0.25) is 0 Å².